The van der Waals surface area contributed by atoms with Gasteiger partial charge in [-0.2, -0.15) is 0 Å². The molecule has 1 aliphatic rings. The van der Waals surface area contributed by atoms with Crippen LogP contribution >= 0.6 is 0 Å². The van der Waals surface area contributed by atoms with E-state index < -0.39 is 0 Å². The standard InChI is InChI=1S/C15H23NO/c1-11(2)14-5-4-12(3)15(8-14)17-10-13-6-7-16-9-13/h4-5,8,11,13,16H,6-7,9-10H2,1-3H3/t13-/m1/s1. The molecule has 1 N–H and O–H groups in total. The van der Waals surface area contributed by atoms with Crippen LogP contribution in [0, 0.1) is 12.8 Å². The molecule has 1 saturated heterocycles. The Balaban J connectivity index is 2.00. The molecule has 1 fully saturated rings. The van der Waals surface area contributed by atoms with Gasteiger partial charge in [-0.05, 0) is 43.0 Å². The van der Waals surface area contributed by atoms with E-state index in [0.29, 0.717) is 11.8 Å². The summed E-state index contributed by atoms with van der Waals surface area (Å²) in [6.45, 7) is 9.63. The fraction of sp³-hybridized carbons (Fsp3) is 0.600. The monoisotopic (exact) mass is 233 g/mol. The largest absolute Gasteiger partial charge is 0.493 e. The van der Waals surface area contributed by atoms with E-state index in [1.165, 1.54) is 17.5 Å². The lowest BCUT2D eigenvalue weighted by Gasteiger charge is -2.15. The maximum Gasteiger partial charge on any atom is 0.122 e. The second kappa shape index (κ2) is 5.54. The summed E-state index contributed by atoms with van der Waals surface area (Å²) in [4.78, 5) is 0. The lowest BCUT2D eigenvalue weighted by molar-refractivity contribution is 0.258. The topological polar surface area (TPSA) is 21.3 Å². The van der Waals surface area contributed by atoms with Gasteiger partial charge in [0.05, 0.1) is 6.61 Å². The molecule has 0 bridgehead atoms. The van der Waals surface area contributed by atoms with Crippen molar-refractivity contribution in [2.45, 2.75) is 33.1 Å². The Morgan fingerprint density at radius 3 is 2.88 bits per heavy atom. The molecule has 0 spiro atoms. The molecule has 1 aromatic rings. The molecule has 94 valence electrons. The summed E-state index contributed by atoms with van der Waals surface area (Å²) in [6.07, 6.45) is 1.24. The van der Waals surface area contributed by atoms with Crippen LogP contribution in [0.1, 0.15) is 37.3 Å². The van der Waals surface area contributed by atoms with E-state index in [9.17, 15) is 0 Å². The smallest absolute Gasteiger partial charge is 0.122 e. The maximum atomic E-state index is 5.97. The van der Waals surface area contributed by atoms with Gasteiger partial charge in [-0.1, -0.05) is 26.0 Å². The van der Waals surface area contributed by atoms with Crippen molar-refractivity contribution in [3.63, 3.8) is 0 Å². The minimum Gasteiger partial charge on any atom is -0.493 e. The third kappa shape index (κ3) is 3.22. The summed E-state index contributed by atoms with van der Waals surface area (Å²) in [5, 5.41) is 3.37. The molecule has 1 aliphatic heterocycles. The summed E-state index contributed by atoms with van der Waals surface area (Å²) in [5.74, 6) is 2.30. The minimum absolute atomic E-state index is 0.561. The predicted octanol–water partition coefficient (Wildman–Crippen LogP) is 3.11. The number of hydrogen-bond donors (Lipinski definition) is 1. The van der Waals surface area contributed by atoms with Crippen molar-refractivity contribution in [3.05, 3.63) is 29.3 Å². The Morgan fingerprint density at radius 2 is 2.24 bits per heavy atom. The molecule has 1 aromatic carbocycles. The number of aryl methyl sites for hydroxylation is 1. The number of nitrogens with one attached hydrogen (secondary N) is 1. The molecule has 0 radical (unpaired) electrons. The zero-order chi connectivity index (χ0) is 12.3. The second-order valence-corrected chi connectivity index (χ2v) is 5.35. The molecule has 0 amide bonds. The maximum absolute atomic E-state index is 5.97. The molecule has 1 atom stereocenters. The Morgan fingerprint density at radius 1 is 1.41 bits per heavy atom. The van der Waals surface area contributed by atoms with Crippen LogP contribution in [-0.4, -0.2) is 19.7 Å². The molecular formula is C15H23NO. The molecule has 2 nitrogen and oxygen atoms in total. The van der Waals surface area contributed by atoms with E-state index >= 15 is 0 Å². The number of hydrogen-bond acceptors (Lipinski definition) is 2. The lowest BCUT2D eigenvalue weighted by atomic mass is 10.0. The highest BCUT2D eigenvalue weighted by atomic mass is 16.5. The van der Waals surface area contributed by atoms with Gasteiger partial charge in [0.1, 0.15) is 5.75 Å². The number of benzene rings is 1. The molecule has 2 heteroatoms. The van der Waals surface area contributed by atoms with Crippen molar-refractivity contribution in [3.8, 4) is 5.75 Å². The molecule has 0 unspecified atom stereocenters. The van der Waals surface area contributed by atoms with Crippen LogP contribution in [0.15, 0.2) is 18.2 Å². The van der Waals surface area contributed by atoms with Crippen LogP contribution in [0.25, 0.3) is 0 Å². The van der Waals surface area contributed by atoms with Gasteiger partial charge in [-0.25, -0.2) is 0 Å². The highest BCUT2D eigenvalue weighted by molar-refractivity contribution is 5.37. The van der Waals surface area contributed by atoms with Gasteiger partial charge in [0, 0.05) is 12.5 Å². The summed E-state index contributed by atoms with van der Waals surface area (Å²) in [5.41, 5.74) is 2.59. The zero-order valence-corrected chi connectivity index (χ0v) is 11.1. The first kappa shape index (κ1) is 12.4. The molecule has 0 aliphatic carbocycles. The van der Waals surface area contributed by atoms with Crippen molar-refractivity contribution in [2.24, 2.45) is 5.92 Å². The molecular weight excluding hydrogens is 210 g/mol. The molecule has 17 heavy (non-hydrogen) atoms. The van der Waals surface area contributed by atoms with E-state index in [0.717, 1.165) is 25.4 Å². The summed E-state index contributed by atoms with van der Waals surface area (Å²) in [7, 11) is 0. The van der Waals surface area contributed by atoms with Gasteiger partial charge < -0.3 is 10.1 Å². The Hall–Kier alpha value is -1.02. The third-order valence-corrected chi connectivity index (χ3v) is 3.52. The normalized spacial score (nSPS) is 19.9. The van der Waals surface area contributed by atoms with Gasteiger partial charge in [0.2, 0.25) is 0 Å². The summed E-state index contributed by atoms with van der Waals surface area (Å²) < 4.78 is 5.97. The average molecular weight is 233 g/mol. The molecule has 0 aromatic heterocycles. The van der Waals surface area contributed by atoms with Crippen LogP contribution in [0.5, 0.6) is 5.75 Å². The van der Waals surface area contributed by atoms with Crippen LogP contribution in [-0.2, 0) is 0 Å². The van der Waals surface area contributed by atoms with E-state index in [-0.39, 0.29) is 0 Å². The third-order valence-electron chi connectivity index (χ3n) is 3.52. The fourth-order valence-electron chi connectivity index (χ4n) is 2.20. The first-order chi connectivity index (χ1) is 8.16. The van der Waals surface area contributed by atoms with Gasteiger partial charge >= 0.3 is 0 Å². The van der Waals surface area contributed by atoms with Crippen molar-refractivity contribution < 1.29 is 4.74 Å². The predicted molar refractivity (Wildman–Crippen MR) is 71.7 cm³/mol. The summed E-state index contributed by atoms with van der Waals surface area (Å²) in [6, 6.07) is 6.56. The molecule has 1 heterocycles. The Labute approximate surface area is 104 Å². The van der Waals surface area contributed by atoms with Crippen LogP contribution in [0.3, 0.4) is 0 Å². The quantitative estimate of drug-likeness (QED) is 0.863. The van der Waals surface area contributed by atoms with Crippen molar-refractivity contribution >= 4 is 0 Å². The highest BCUT2D eigenvalue weighted by Crippen LogP contribution is 2.25. The van der Waals surface area contributed by atoms with Crippen molar-refractivity contribution in [1.82, 2.24) is 5.32 Å². The van der Waals surface area contributed by atoms with Crippen LogP contribution in [0.4, 0.5) is 0 Å². The van der Waals surface area contributed by atoms with Gasteiger partial charge in [-0.15, -0.1) is 0 Å². The average Bonchev–Trinajstić information content (AvgIpc) is 2.80. The molecule has 0 saturated carbocycles. The van der Waals surface area contributed by atoms with E-state index in [2.05, 4.69) is 44.3 Å². The zero-order valence-electron chi connectivity index (χ0n) is 11.1. The highest BCUT2D eigenvalue weighted by Gasteiger charge is 2.15. The first-order valence-corrected chi connectivity index (χ1v) is 6.61. The number of rotatable bonds is 4. The second-order valence-electron chi connectivity index (χ2n) is 5.35. The van der Waals surface area contributed by atoms with Gasteiger partial charge in [-0.3, -0.25) is 0 Å². The lowest BCUT2D eigenvalue weighted by Crippen LogP contribution is -2.15. The van der Waals surface area contributed by atoms with Crippen LogP contribution < -0.4 is 10.1 Å². The Bertz CT molecular complexity index is 367. The van der Waals surface area contributed by atoms with Gasteiger partial charge in [0.25, 0.3) is 0 Å². The minimum atomic E-state index is 0.561. The van der Waals surface area contributed by atoms with Crippen molar-refractivity contribution in [1.29, 1.82) is 0 Å². The van der Waals surface area contributed by atoms with E-state index in [1.54, 1.807) is 0 Å². The Kier molecular flexibility index (Phi) is 4.06. The van der Waals surface area contributed by atoms with E-state index in [4.69, 9.17) is 4.74 Å². The summed E-state index contributed by atoms with van der Waals surface area (Å²) >= 11 is 0. The van der Waals surface area contributed by atoms with Crippen LogP contribution in [0.2, 0.25) is 0 Å². The first-order valence-electron chi connectivity index (χ1n) is 6.61. The van der Waals surface area contributed by atoms with E-state index in [1.807, 2.05) is 0 Å². The number of ether oxygens (including phenoxy) is 1. The SMILES string of the molecule is Cc1ccc(C(C)C)cc1OC[C@@H]1CCNC1. The van der Waals surface area contributed by atoms with Gasteiger partial charge in [0.15, 0.2) is 0 Å². The van der Waals surface area contributed by atoms with Crippen molar-refractivity contribution in [2.75, 3.05) is 19.7 Å². The fourth-order valence-corrected chi connectivity index (χ4v) is 2.20. The molecule has 2 rings (SSSR count).